The molecule has 11 heteroatoms. The van der Waals surface area contributed by atoms with Crippen molar-refractivity contribution in [2.75, 3.05) is 37.7 Å². The van der Waals surface area contributed by atoms with Crippen LogP contribution in [0.5, 0.6) is 0 Å². The second-order valence-corrected chi connectivity index (χ2v) is 7.79. The normalized spacial score (nSPS) is 16.8. The Kier molecular flexibility index (Phi) is 7.16. The van der Waals surface area contributed by atoms with Gasteiger partial charge in [0.2, 0.25) is 11.9 Å². The summed E-state index contributed by atoms with van der Waals surface area (Å²) in [6, 6.07) is 0. The van der Waals surface area contributed by atoms with E-state index in [2.05, 4.69) is 28.9 Å². The highest BCUT2D eigenvalue weighted by molar-refractivity contribution is 8.00. The molecule has 2 rings (SSSR count). The van der Waals surface area contributed by atoms with E-state index in [4.69, 9.17) is 4.74 Å². The van der Waals surface area contributed by atoms with E-state index in [-0.39, 0.29) is 0 Å². The summed E-state index contributed by atoms with van der Waals surface area (Å²) in [4.78, 5) is 14.0. The molecule has 1 aromatic heterocycles. The van der Waals surface area contributed by atoms with E-state index in [1.807, 2.05) is 9.88 Å². The van der Waals surface area contributed by atoms with Gasteiger partial charge in [-0.05, 0) is 12.8 Å². The maximum absolute atomic E-state index is 12.3. The molecule has 1 N–H and O–H groups in total. The average Bonchev–Trinajstić information content (AvgIpc) is 2.94. The lowest BCUT2D eigenvalue weighted by Crippen LogP contribution is -2.38. The van der Waals surface area contributed by atoms with Crippen molar-refractivity contribution in [3.05, 3.63) is 0 Å². The Morgan fingerprint density at radius 1 is 1.27 bits per heavy atom. The zero-order valence-electron chi connectivity index (χ0n) is 15.0. The van der Waals surface area contributed by atoms with Gasteiger partial charge in [0, 0.05) is 19.6 Å². The summed E-state index contributed by atoms with van der Waals surface area (Å²) in [6.45, 7) is 7.58. The number of rotatable bonds is 7. The van der Waals surface area contributed by atoms with Crippen LogP contribution in [0.1, 0.15) is 20.8 Å². The van der Waals surface area contributed by atoms with Crippen LogP contribution in [0.15, 0.2) is 5.16 Å². The Morgan fingerprint density at radius 2 is 1.92 bits per heavy atom. The van der Waals surface area contributed by atoms with Crippen LogP contribution < -0.4 is 10.2 Å². The molecule has 0 aliphatic carbocycles. The number of alkyl halides is 3. The van der Waals surface area contributed by atoms with Gasteiger partial charge in [0.1, 0.15) is 6.54 Å². The predicted octanol–water partition coefficient (Wildman–Crippen LogP) is 1.93. The SMILES string of the molecule is CC(C)Cn1c(SC(C)C(=O)NCC(F)(F)F)nnc1N1CCOCC1. The van der Waals surface area contributed by atoms with Gasteiger partial charge in [-0.15, -0.1) is 10.2 Å². The third-order valence-electron chi connectivity index (χ3n) is 3.65. The maximum atomic E-state index is 12.3. The lowest BCUT2D eigenvalue weighted by atomic mass is 10.2. The number of nitrogens with one attached hydrogen (secondary N) is 1. The van der Waals surface area contributed by atoms with Crippen LogP contribution >= 0.6 is 11.8 Å². The average molecular weight is 395 g/mol. The molecule has 1 atom stereocenters. The number of morpholine rings is 1. The molecular weight excluding hydrogens is 371 g/mol. The summed E-state index contributed by atoms with van der Waals surface area (Å²) in [7, 11) is 0. The molecule has 0 aromatic carbocycles. The summed E-state index contributed by atoms with van der Waals surface area (Å²) in [6.07, 6.45) is -4.43. The fourth-order valence-corrected chi connectivity index (χ4v) is 3.31. The van der Waals surface area contributed by atoms with Crippen molar-refractivity contribution in [3.8, 4) is 0 Å². The first-order valence-corrected chi connectivity index (χ1v) is 9.32. The van der Waals surface area contributed by atoms with Crippen LogP contribution in [-0.4, -0.2) is 64.9 Å². The first-order chi connectivity index (χ1) is 12.2. The summed E-state index contributed by atoms with van der Waals surface area (Å²) in [5.41, 5.74) is 0. The number of ether oxygens (including phenoxy) is 1. The Bertz CT molecular complexity index is 603. The van der Waals surface area contributed by atoms with Crippen LogP contribution in [0.4, 0.5) is 19.1 Å². The molecule has 0 spiro atoms. The van der Waals surface area contributed by atoms with Crippen LogP contribution in [0.2, 0.25) is 0 Å². The van der Waals surface area contributed by atoms with Gasteiger partial charge >= 0.3 is 6.18 Å². The Hall–Kier alpha value is -1.49. The molecule has 26 heavy (non-hydrogen) atoms. The van der Waals surface area contributed by atoms with Gasteiger partial charge in [-0.3, -0.25) is 9.36 Å². The van der Waals surface area contributed by atoms with E-state index in [1.54, 1.807) is 6.92 Å². The first-order valence-electron chi connectivity index (χ1n) is 8.44. The van der Waals surface area contributed by atoms with Gasteiger partial charge in [-0.1, -0.05) is 25.6 Å². The molecule has 1 aromatic rings. The number of carbonyl (C=O) groups is 1. The fraction of sp³-hybridized carbons (Fsp3) is 0.800. The number of anilines is 1. The molecule has 2 heterocycles. The van der Waals surface area contributed by atoms with Gasteiger partial charge in [-0.2, -0.15) is 13.2 Å². The largest absolute Gasteiger partial charge is 0.405 e. The third-order valence-corrected chi connectivity index (χ3v) is 4.73. The number of thioether (sulfide) groups is 1. The quantitative estimate of drug-likeness (QED) is 0.712. The molecule has 7 nitrogen and oxygen atoms in total. The Morgan fingerprint density at radius 3 is 2.50 bits per heavy atom. The molecule has 1 unspecified atom stereocenters. The molecule has 1 fully saturated rings. The van der Waals surface area contributed by atoms with E-state index >= 15 is 0 Å². The fourth-order valence-electron chi connectivity index (χ4n) is 2.43. The topological polar surface area (TPSA) is 72.3 Å². The smallest absolute Gasteiger partial charge is 0.378 e. The minimum absolute atomic E-state index is 0.319. The summed E-state index contributed by atoms with van der Waals surface area (Å²) < 4.78 is 44.1. The van der Waals surface area contributed by atoms with Gasteiger partial charge in [-0.25, -0.2) is 0 Å². The molecule has 0 bridgehead atoms. The second kappa shape index (κ2) is 8.94. The monoisotopic (exact) mass is 395 g/mol. The highest BCUT2D eigenvalue weighted by Gasteiger charge is 2.30. The predicted molar refractivity (Wildman–Crippen MR) is 92.3 cm³/mol. The van der Waals surface area contributed by atoms with Crippen molar-refractivity contribution >= 4 is 23.6 Å². The van der Waals surface area contributed by atoms with E-state index in [0.717, 1.165) is 11.8 Å². The number of amides is 1. The van der Waals surface area contributed by atoms with Gasteiger partial charge in [0.15, 0.2) is 5.16 Å². The van der Waals surface area contributed by atoms with E-state index in [0.29, 0.717) is 49.9 Å². The minimum Gasteiger partial charge on any atom is -0.378 e. The number of nitrogens with zero attached hydrogens (tertiary/aromatic N) is 4. The van der Waals surface area contributed by atoms with Crippen molar-refractivity contribution in [3.63, 3.8) is 0 Å². The molecule has 0 saturated carbocycles. The van der Waals surface area contributed by atoms with E-state index < -0.39 is 23.9 Å². The molecule has 1 aliphatic rings. The number of carbonyl (C=O) groups excluding carboxylic acids is 1. The molecule has 1 aliphatic heterocycles. The minimum atomic E-state index is -4.43. The van der Waals surface area contributed by atoms with Crippen molar-refractivity contribution in [2.24, 2.45) is 5.92 Å². The van der Waals surface area contributed by atoms with Crippen molar-refractivity contribution < 1.29 is 22.7 Å². The van der Waals surface area contributed by atoms with Gasteiger partial charge in [0.25, 0.3) is 0 Å². The highest BCUT2D eigenvalue weighted by Crippen LogP contribution is 2.27. The van der Waals surface area contributed by atoms with E-state index in [1.165, 1.54) is 0 Å². The van der Waals surface area contributed by atoms with Crippen molar-refractivity contribution in [2.45, 2.75) is 43.9 Å². The molecule has 1 amide bonds. The van der Waals surface area contributed by atoms with Gasteiger partial charge in [0.05, 0.1) is 18.5 Å². The number of aromatic nitrogens is 3. The maximum Gasteiger partial charge on any atom is 0.405 e. The summed E-state index contributed by atoms with van der Waals surface area (Å²) >= 11 is 1.11. The standard InChI is InChI=1S/C15H24F3N5O2S/c1-10(2)8-23-13(22-4-6-25-7-5-22)20-21-14(23)26-11(3)12(24)19-9-15(16,17)18/h10-11H,4-9H2,1-3H3,(H,19,24). The number of halogens is 3. The second-order valence-electron chi connectivity index (χ2n) is 6.48. The lowest BCUT2D eigenvalue weighted by molar-refractivity contribution is -0.137. The van der Waals surface area contributed by atoms with Crippen LogP contribution in [0.3, 0.4) is 0 Å². The van der Waals surface area contributed by atoms with E-state index in [9.17, 15) is 18.0 Å². The van der Waals surface area contributed by atoms with Crippen molar-refractivity contribution in [1.82, 2.24) is 20.1 Å². The highest BCUT2D eigenvalue weighted by atomic mass is 32.2. The zero-order chi connectivity index (χ0) is 19.3. The Balaban J connectivity index is 2.09. The number of hydrogen-bond acceptors (Lipinski definition) is 6. The lowest BCUT2D eigenvalue weighted by Gasteiger charge is -2.28. The molecule has 0 radical (unpaired) electrons. The molecule has 1 saturated heterocycles. The van der Waals surface area contributed by atoms with Crippen LogP contribution in [0, 0.1) is 5.92 Å². The van der Waals surface area contributed by atoms with Crippen molar-refractivity contribution in [1.29, 1.82) is 0 Å². The molecule has 148 valence electrons. The van der Waals surface area contributed by atoms with Crippen LogP contribution in [0.25, 0.3) is 0 Å². The first kappa shape index (κ1) is 20.8. The van der Waals surface area contributed by atoms with Gasteiger partial charge < -0.3 is 15.0 Å². The number of hydrogen-bond donors (Lipinski definition) is 1. The summed E-state index contributed by atoms with van der Waals surface area (Å²) in [5, 5.41) is 10.1. The van der Waals surface area contributed by atoms with Crippen LogP contribution in [-0.2, 0) is 16.1 Å². The Labute approximate surface area is 154 Å². The third kappa shape index (κ3) is 6.04. The zero-order valence-corrected chi connectivity index (χ0v) is 15.9. The molecular formula is C15H24F3N5O2S. The summed E-state index contributed by atoms with van der Waals surface area (Å²) in [5.74, 6) is 0.339.